The Balaban J connectivity index is 1.64. The van der Waals surface area contributed by atoms with Crippen LogP contribution in [0.3, 0.4) is 0 Å². The van der Waals surface area contributed by atoms with Crippen LogP contribution in [0.5, 0.6) is 0 Å². The van der Waals surface area contributed by atoms with E-state index in [0.29, 0.717) is 18.7 Å². The Morgan fingerprint density at radius 2 is 1.95 bits per heavy atom. The van der Waals surface area contributed by atoms with E-state index in [1.54, 1.807) is 29.0 Å². The quantitative estimate of drug-likeness (QED) is 0.796. The predicted molar refractivity (Wildman–Crippen MR) is 79.2 cm³/mol. The number of furan rings is 1. The van der Waals surface area contributed by atoms with Crippen molar-refractivity contribution in [1.29, 1.82) is 0 Å². The van der Waals surface area contributed by atoms with Gasteiger partial charge < -0.3 is 14.3 Å². The summed E-state index contributed by atoms with van der Waals surface area (Å²) >= 11 is 0. The second kappa shape index (κ2) is 5.66. The van der Waals surface area contributed by atoms with Gasteiger partial charge in [-0.1, -0.05) is 24.3 Å². The first kappa shape index (κ1) is 13.2. The van der Waals surface area contributed by atoms with E-state index in [9.17, 15) is 9.59 Å². The summed E-state index contributed by atoms with van der Waals surface area (Å²) in [6, 6.07) is 14.1. The van der Waals surface area contributed by atoms with E-state index in [-0.39, 0.29) is 17.2 Å². The number of carbonyl (C=O) groups excluding carboxylic acids is 1. The molecule has 0 aliphatic carbocycles. The molecule has 0 aliphatic heterocycles. The highest BCUT2D eigenvalue weighted by Gasteiger charge is 2.11. The van der Waals surface area contributed by atoms with E-state index in [0.717, 1.165) is 5.39 Å². The number of para-hydroxylation sites is 1. The van der Waals surface area contributed by atoms with Crippen LogP contribution in [0, 0.1) is 0 Å². The maximum atomic E-state index is 12.0. The first-order valence-electron chi connectivity index (χ1n) is 6.66. The zero-order valence-corrected chi connectivity index (χ0v) is 11.3. The fourth-order valence-corrected chi connectivity index (χ4v) is 2.12. The largest absolute Gasteiger partial charge is 0.451 e. The third kappa shape index (κ3) is 2.86. The molecule has 0 saturated heterocycles. The lowest BCUT2D eigenvalue weighted by Crippen LogP contribution is -2.30. The van der Waals surface area contributed by atoms with Gasteiger partial charge >= 0.3 is 0 Å². The Morgan fingerprint density at radius 1 is 1.14 bits per heavy atom. The van der Waals surface area contributed by atoms with Crippen molar-refractivity contribution in [3.8, 4) is 0 Å². The number of nitrogens with zero attached hydrogens (tertiary/aromatic N) is 1. The van der Waals surface area contributed by atoms with E-state index in [1.807, 2.05) is 24.3 Å². The lowest BCUT2D eigenvalue weighted by atomic mass is 10.2. The first-order chi connectivity index (χ1) is 10.2. The van der Waals surface area contributed by atoms with Gasteiger partial charge in [0.1, 0.15) is 5.58 Å². The molecule has 0 bridgehead atoms. The van der Waals surface area contributed by atoms with E-state index in [2.05, 4.69) is 5.32 Å². The molecule has 0 aliphatic rings. The van der Waals surface area contributed by atoms with Gasteiger partial charge in [0.25, 0.3) is 11.5 Å². The first-order valence-corrected chi connectivity index (χ1v) is 6.66. The van der Waals surface area contributed by atoms with Crippen LogP contribution in [0.4, 0.5) is 0 Å². The minimum Gasteiger partial charge on any atom is -0.451 e. The van der Waals surface area contributed by atoms with Gasteiger partial charge in [0, 0.05) is 30.7 Å². The molecule has 106 valence electrons. The van der Waals surface area contributed by atoms with Crippen molar-refractivity contribution in [2.24, 2.45) is 0 Å². The molecule has 0 spiro atoms. The Kier molecular flexibility index (Phi) is 3.55. The summed E-state index contributed by atoms with van der Waals surface area (Å²) < 4.78 is 7.02. The molecule has 0 radical (unpaired) electrons. The van der Waals surface area contributed by atoms with Gasteiger partial charge in [0.15, 0.2) is 5.76 Å². The number of carbonyl (C=O) groups is 1. The molecule has 1 N–H and O–H groups in total. The molecule has 3 aromatic rings. The van der Waals surface area contributed by atoms with E-state index in [1.165, 1.54) is 6.07 Å². The standard InChI is InChI=1S/C16H14N2O3/c19-15-7-3-4-9-18(15)10-8-17-16(20)14-11-12-5-1-2-6-13(12)21-14/h1-7,9,11H,8,10H2,(H,17,20). The van der Waals surface area contributed by atoms with Gasteiger partial charge in [-0.15, -0.1) is 0 Å². The van der Waals surface area contributed by atoms with E-state index in [4.69, 9.17) is 4.42 Å². The summed E-state index contributed by atoms with van der Waals surface area (Å²) in [5, 5.41) is 3.63. The minimum atomic E-state index is -0.282. The number of amides is 1. The van der Waals surface area contributed by atoms with Crippen molar-refractivity contribution in [3.05, 3.63) is 70.8 Å². The summed E-state index contributed by atoms with van der Waals surface area (Å²) in [6.07, 6.45) is 1.69. The number of benzene rings is 1. The summed E-state index contributed by atoms with van der Waals surface area (Å²) in [7, 11) is 0. The third-order valence-corrected chi connectivity index (χ3v) is 3.19. The molecular weight excluding hydrogens is 268 g/mol. The van der Waals surface area contributed by atoms with E-state index >= 15 is 0 Å². The van der Waals surface area contributed by atoms with Crippen molar-refractivity contribution in [1.82, 2.24) is 9.88 Å². The van der Waals surface area contributed by atoms with Gasteiger partial charge in [-0.05, 0) is 18.2 Å². The number of nitrogens with one attached hydrogen (secondary N) is 1. The average Bonchev–Trinajstić information content (AvgIpc) is 2.93. The van der Waals surface area contributed by atoms with Crippen LogP contribution in [0.15, 0.2) is 63.9 Å². The predicted octanol–water partition coefficient (Wildman–Crippen LogP) is 2.02. The number of hydrogen-bond acceptors (Lipinski definition) is 3. The van der Waals surface area contributed by atoms with Gasteiger partial charge in [-0.25, -0.2) is 0 Å². The van der Waals surface area contributed by atoms with Crippen molar-refractivity contribution in [2.75, 3.05) is 6.54 Å². The molecule has 1 aromatic carbocycles. The Morgan fingerprint density at radius 3 is 2.76 bits per heavy atom. The molecule has 21 heavy (non-hydrogen) atoms. The van der Waals surface area contributed by atoms with Crippen molar-refractivity contribution >= 4 is 16.9 Å². The highest BCUT2D eigenvalue weighted by atomic mass is 16.3. The van der Waals surface area contributed by atoms with E-state index < -0.39 is 0 Å². The van der Waals surface area contributed by atoms with Crippen LogP contribution >= 0.6 is 0 Å². The molecule has 0 fully saturated rings. The second-order valence-electron chi connectivity index (χ2n) is 4.64. The lowest BCUT2D eigenvalue weighted by molar-refractivity contribution is 0.0926. The molecular formula is C16H14N2O3. The SMILES string of the molecule is O=C(NCCn1ccccc1=O)c1cc2ccccc2o1. The number of aromatic nitrogens is 1. The van der Waals surface area contributed by atoms with Crippen LogP contribution in [0.1, 0.15) is 10.6 Å². The minimum absolute atomic E-state index is 0.0875. The molecule has 1 amide bonds. The zero-order valence-electron chi connectivity index (χ0n) is 11.3. The van der Waals surface area contributed by atoms with Crippen molar-refractivity contribution in [2.45, 2.75) is 6.54 Å². The molecule has 5 heteroatoms. The normalized spacial score (nSPS) is 10.7. The average molecular weight is 282 g/mol. The molecule has 2 heterocycles. The maximum Gasteiger partial charge on any atom is 0.287 e. The van der Waals surface area contributed by atoms with Crippen molar-refractivity contribution in [3.63, 3.8) is 0 Å². The Labute approximate surface area is 120 Å². The number of hydrogen-bond donors (Lipinski definition) is 1. The fourth-order valence-electron chi connectivity index (χ4n) is 2.12. The molecule has 0 unspecified atom stereocenters. The zero-order chi connectivity index (χ0) is 14.7. The third-order valence-electron chi connectivity index (χ3n) is 3.19. The number of rotatable bonds is 4. The van der Waals surface area contributed by atoms with Gasteiger partial charge in [-0.3, -0.25) is 9.59 Å². The van der Waals surface area contributed by atoms with Gasteiger partial charge in [0.2, 0.25) is 0 Å². The Bertz CT molecular complexity index is 799. The smallest absolute Gasteiger partial charge is 0.287 e. The fraction of sp³-hybridized carbons (Fsp3) is 0.125. The van der Waals surface area contributed by atoms with Crippen LogP contribution in [0.25, 0.3) is 11.0 Å². The maximum absolute atomic E-state index is 12.0. The van der Waals surface area contributed by atoms with Crippen LogP contribution < -0.4 is 10.9 Å². The summed E-state index contributed by atoms with van der Waals surface area (Å²) in [5.41, 5.74) is 0.595. The summed E-state index contributed by atoms with van der Waals surface area (Å²) in [4.78, 5) is 23.5. The lowest BCUT2D eigenvalue weighted by Gasteiger charge is -2.05. The van der Waals surface area contributed by atoms with Gasteiger partial charge in [0.05, 0.1) is 0 Å². The topological polar surface area (TPSA) is 64.2 Å². The molecule has 5 nitrogen and oxygen atoms in total. The summed E-state index contributed by atoms with van der Waals surface area (Å²) in [5.74, 6) is -0.00760. The number of pyridine rings is 1. The molecule has 2 aromatic heterocycles. The molecule has 3 rings (SSSR count). The van der Waals surface area contributed by atoms with Crippen LogP contribution in [-0.4, -0.2) is 17.0 Å². The summed E-state index contributed by atoms with van der Waals surface area (Å²) in [6.45, 7) is 0.783. The molecule has 0 saturated carbocycles. The number of fused-ring (bicyclic) bond motifs is 1. The van der Waals surface area contributed by atoms with Crippen LogP contribution in [0.2, 0.25) is 0 Å². The Hall–Kier alpha value is -2.82. The second-order valence-corrected chi connectivity index (χ2v) is 4.64. The highest BCUT2D eigenvalue weighted by molar-refractivity contribution is 5.95. The van der Waals surface area contributed by atoms with Crippen molar-refractivity contribution < 1.29 is 9.21 Å². The van der Waals surface area contributed by atoms with Crippen LogP contribution in [-0.2, 0) is 6.54 Å². The highest BCUT2D eigenvalue weighted by Crippen LogP contribution is 2.18. The monoisotopic (exact) mass is 282 g/mol. The van der Waals surface area contributed by atoms with Gasteiger partial charge in [-0.2, -0.15) is 0 Å². The molecule has 0 atom stereocenters.